The standard InChI is InChI=1S/C25H33N3O3/c29-22(27-20-5-7-21(8-6-20)28-10-2-4-23(28)30)3-1-9-26-24(31)25-14-17-11-18(15-25)13-19(12-17)16-25/h5-8,17-19H,1-4,9-16H2,(H,26,31)(H,27,29). The second-order valence-corrected chi connectivity index (χ2v) is 10.3. The first kappa shape index (κ1) is 20.5. The molecule has 1 saturated heterocycles. The fourth-order valence-electron chi connectivity index (χ4n) is 6.90. The largest absolute Gasteiger partial charge is 0.356 e. The van der Waals surface area contributed by atoms with Gasteiger partial charge in [0, 0.05) is 42.7 Å². The molecule has 3 amide bonds. The molecule has 4 bridgehead atoms. The number of amides is 3. The number of nitrogens with one attached hydrogen (secondary N) is 2. The molecule has 2 N–H and O–H groups in total. The Labute approximate surface area is 184 Å². The predicted octanol–water partition coefficient (Wildman–Crippen LogP) is 3.86. The van der Waals surface area contributed by atoms with Gasteiger partial charge in [-0.05, 0) is 93.4 Å². The zero-order valence-electron chi connectivity index (χ0n) is 18.2. The summed E-state index contributed by atoms with van der Waals surface area (Å²) in [5.74, 6) is 2.63. The Morgan fingerprint density at radius 1 is 1.00 bits per heavy atom. The van der Waals surface area contributed by atoms with Crippen LogP contribution in [0.2, 0.25) is 0 Å². The zero-order chi connectivity index (χ0) is 21.4. The third-order valence-electron chi connectivity index (χ3n) is 7.92. The van der Waals surface area contributed by atoms with Crippen molar-refractivity contribution in [3.8, 4) is 0 Å². The molecule has 0 aromatic heterocycles. The monoisotopic (exact) mass is 423 g/mol. The van der Waals surface area contributed by atoms with Gasteiger partial charge in [0.25, 0.3) is 0 Å². The van der Waals surface area contributed by atoms with E-state index >= 15 is 0 Å². The Kier molecular flexibility index (Phi) is 5.49. The van der Waals surface area contributed by atoms with Crippen molar-refractivity contribution in [3.05, 3.63) is 24.3 Å². The lowest BCUT2D eigenvalue weighted by atomic mass is 9.49. The van der Waals surface area contributed by atoms with Crippen molar-refractivity contribution >= 4 is 29.1 Å². The molecule has 1 aliphatic heterocycles. The summed E-state index contributed by atoms with van der Waals surface area (Å²) in [7, 11) is 0. The zero-order valence-corrected chi connectivity index (χ0v) is 18.2. The number of carbonyl (C=O) groups is 3. The quantitative estimate of drug-likeness (QED) is 0.654. The van der Waals surface area contributed by atoms with Gasteiger partial charge in [0.1, 0.15) is 0 Å². The lowest BCUT2D eigenvalue weighted by Gasteiger charge is -2.55. The summed E-state index contributed by atoms with van der Waals surface area (Å²) in [4.78, 5) is 38.9. The molecule has 5 aliphatic rings. The molecule has 31 heavy (non-hydrogen) atoms. The number of hydrogen-bond donors (Lipinski definition) is 2. The molecule has 6 nitrogen and oxygen atoms in total. The molecule has 4 aliphatic carbocycles. The molecule has 166 valence electrons. The Bertz CT molecular complexity index is 828. The van der Waals surface area contributed by atoms with E-state index in [1.54, 1.807) is 4.90 Å². The lowest BCUT2D eigenvalue weighted by Crippen LogP contribution is -2.53. The number of rotatable bonds is 7. The lowest BCUT2D eigenvalue weighted by molar-refractivity contribution is -0.146. The van der Waals surface area contributed by atoms with Crippen molar-refractivity contribution in [2.24, 2.45) is 23.2 Å². The highest BCUT2D eigenvalue weighted by molar-refractivity contribution is 5.96. The molecule has 5 fully saturated rings. The maximum absolute atomic E-state index is 13.0. The maximum Gasteiger partial charge on any atom is 0.227 e. The van der Waals surface area contributed by atoms with Gasteiger partial charge in [-0.3, -0.25) is 14.4 Å². The minimum atomic E-state index is -0.116. The van der Waals surface area contributed by atoms with E-state index < -0.39 is 0 Å². The van der Waals surface area contributed by atoms with Gasteiger partial charge in [0.15, 0.2) is 0 Å². The van der Waals surface area contributed by atoms with Crippen molar-refractivity contribution in [3.63, 3.8) is 0 Å². The van der Waals surface area contributed by atoms with Crippen LogP contribution in [0.3, 0.4) is 0 Å². The summed E-state index contributed by atoms with van der Waals surface area (Å²) in [5, 5.41) is 6.06. The number of nitrogens with zero attached hydrogens (tertiary/aromatic N) is 1. The minimum Gasteiger partial charge on any atom is -0.356 e. The van der Waals surface area contributed by atoms with E-state index in [0.29, 0.717) is 25.8 Å². The molecule has 0 spiro atoms. The van der Waals surface area contributed by atoms with Gasteiger partial charge in [-0.25, -0.2) is 0 Å². The van der Waals surface area contributed by atoms with Gasteiger partial charge >= 0.3 is 0 Å². The van der Waals surface area contributed by atoms with Crippen LogP contribution in [0.4, 0.5) is 11.4 Å². The first-order valence-electron chi connectivity index (χ1n) is 12.0. The van der Waals surface area contributed by atoms with Crippen LogP contribution < -0.4 is 15.5 Å². The van der Waals surface area contributed by atoms with Gasteiger partial charge in [0.2, 0.25) is 17.7 Å². The van der Waals surface area contributed by atoms with E-state index in [0.717, 1.165) is 61.4 Å². The second-order valence-electron chi connectivity index (χ2n) is 10.3. The average molecular weight is 424 g/mol. The van der Waals surface area contributed by atoms with Crippen molar-refractivity contribution < 1.29 is 14.4 Å². The van der Waals surface area contributed by atoms with E-state index in [1.807, 2.05) is 24.3 Å². The second kappa shape index (κ2) is 8.29. The van der Waals surface area contributed by atoms with Gasteiger partial charge in [0.05, 0.1) is 0 Å². The fourth-order valence-corrected chi connectivity index (χ4v) is 6.90. The minimum absolute atomic E-state index is 0.0472. The highest BCUT2D eigenvalue weighted by Gasteiger charge is 2.54. The van der Waals surface area contributed by atoms with Crippen LogP contribution in [0.25, 0.3) is 0 Å². The van der Waals surface area contributed by atoms with Crippen LogP contribution in [0.1, 0.15) is 64.2 Å². The SMILES string of the molecule is O=C(CCCNC(=O)C12CC3CC(CC(C3)C1)C2)Nc1ccc(N2CCCC2=O)cc1. The van der Waals surface area contributed by atoms with E-state index in [-0.39, 0.29) is 23.1 Å². The van der Waals surface area contributed by atoms with Crippen molar-refractivity contribution in [2.45, 2.75) is 64.2 Å². The Morgan fingerprint density at radius 3 is 2.23 bits per heavy atom. The number of carbonyl (C=O) groups excluding carboxylic acids is 3. The van der Waals surface area contributed by atoms with E-state index in [4.69, 9.17) is 0 Å². The van der Waals surface area contributed by atoms with Crippen LogP contribution >= 0.6 is 0 Å². The average Bonchev–Trinajstić information content (AvgIpc) is 3.16. The van der Waals surface area contributed by atoms with Crippen LogP contribution in [-0.4, -0.2) is 30.8 Å². The highest BCUT2D eigenvalue weighted by atomic mass is 16.2. The molecular weight excluding hydrogens is 390 g/mol. The molecule has 0 unspecified atom stereocenters. The molecular formula is C25H33N3O3. The fraction of sp³-hybridized carbons (Fsp3) is 0.640. The van der Waals surface area contributed by atoms with E-state index in [2.05, 4.69) is 10.6 Å². The van der Waals surface area contributed by atoms with Crippen LogP contribution in [0, 0.1) is 23.2 Å². The van der Waals surface area contributed by atoms with Gasteiger partial charge in [-0.2, -0.15) is 0 Å². The molecule has 4 saturated carbocycles. The first-order chi connectivity index (χ1) is 15.0. The summed E-state index contributed by atoms with van der Waals surface area (Å²) in [6, 6.07) is 7.44. The number of benzene rings is 1. The smallest absolute Gasteiger partial charge is 0.227 e. The summed E-state index contributed by atoms with van der Waals surface area (Å²) < 4.78 is 0. The highest BCUT2D eigenvalue weighted by Crippen LogP contribution is 2.60. The first-order valence-corrected chi connectivity index (χ1v) is 12.0. The van der Waals surface area contributed by atoms with Crippen LogP contribution in [-0.2, 0) is 14.4 Å². The van der Waals surface area contributed by atoms with Crippen molar-refractivity contribution in [2.75, 3.05) is 23.3 Å². The van der Waals surface area contributed by atoms with Crippen LogP contribution in [0.15, 0.2) is 24.3 Å². The molecule has 1 aromatic rings. The summed E-state index contributed by atoms with van der Waals surface area (Å²) in [5.41, 5.74) is 1.50. The Hall–Kier alpha value is -2.37. The molecule has 6 heteroatoms. The van der Waals surface area contributed by atoms with Crippen molar-refractivity contribution in [1.29, 1.82) is 0 Å². The number of anilines is 2. The normalized spacial score (nSPS) is 31.2. The van der Waals surface area contributed by atoms with E-state index in [9.17, 15) is 14.4 Å². The molecule has 6 rings (SSSR count). The molecule has 0 radical (unpaired) electrons. The third kappa shape index (κ3) is 4.21. The molecule has 1 heterocycles. The predicted molar refractivity (Wildman–Crippen MR) is 120 cm³/mol. The van der Waals surface area contributed by atoms with E-state index in [1.165, 1.54) is 19.3 Å². The van der Waals surface area contributed by atoms with Gasteiger partial charge in [-0.15, -0.1) is 0 Å². The molecule has 0 atom stereocenters. The summed E-state index contributed by atoms with van der Waals surface area (Å²) in [6.07, 6.45) is 9.76. The van der Waals surface area contributed by atoms with Gasteiger partial charge < -0.3 is 15.5 Å². The molecule has 1 aromatic carbocycles. The summed E-state index contributed by atoms with van der Waals surface area (Å²) in [6.45, 7) is 1.32. The van der Waals surface area contributed by atoms with Crippen molar-refractivity contribution in [1.82, 2.24) is 5.32 Å². The number of hydrogen-bond acceptors (Lipinski definition) is 3. The maximum atomic E-state index is 13.0. The third-order valence-corrected chi connectivity index (χ3v) is 7.92. The Morgan fingerprint density at radius 2 is 1.65 bits per heavy atom. The summed E-state index contributed by atoms with van der Waals surface area (Å²) >= 11 is 0. The van der Waals surface area contributed by atoms with Gasteiger partial charge in [-0.1, -0.05) is 0 Å². The Balaban J connectivity index is 1.05. The topological polar surface area (TPSA) is 78.5 Å². The van der Waals surface area contributed by atoms with Crippen LogP contribution in [0.5, 0.6) is 0 Å².